The highest BCUT2D eigenvalue weighted by molar-refractivity contribution is 5.98. The molecule has 2 aromatic rings. The Labute approximate surface area is 143 Å². The van der Waals surface area contributed by atoms with Crippen molar-refractivity contribution in [3.8, 4) is 0 Å². The number of para-hydroxylation sites is 1. The van der Waals surface area contributed by atoms with Crippen LogP contribution in [0.5, 0.6) is 0 Å². The molecule has 1 aliphatic heterocycles. The quantitative estimate of drug-likeness (QED) is 0.935. The number of piperazine rings is 1. The van der Waals surface area contributed by atoms with Crippen molar-refractivity contribution in [1.29, 1.82) is 0 Å². The van der Waals surface area contributed by atoms with Crippen molar-refractivity contribution in [3.05, 3.63) is 36.0 Å². The Morgan fingerprint density at radius 3 is 2.46 bits per heavy atom. The topological polar surface area (TPSA) is 48.7 Å². The maximum atomic E-state index is 13.0. The average Bonchev–Trinajstić information content (AvgIpc) is 2.92. The summed E-state index contributed by atoms with van der Waals surface area (Å²) in [6.45, 7) is 10.2. The minimum Gasteiger partial charge on any atom is -0.389 e. The zero-order valence-corrected chi connectivity index (χ0v) is 14.8. The number of aromatic nitrogens is 1. The van der Waals surface area contributed by atoms with E-state index in [0.29, 0.717) is 19.6 Å². The number of aliphatic hydroxyl groups is 1. The molecule has 0 radical (unpaired) electrons. The molecule has 0 aliphatic carbocycles. The average molecular weight is 329 g/mol. The number of nitrogens with zero attached hydrogens (tertiary/aromatic N) is 3. The molecule has 0 unspecified atom stereocenters. The van der Waals surface area contributed by atoms with E-state index in [0.717, 1.165) is 36.2 Å². The van der Waals surface area contributed by atoms with Crippen LogP contribution in [0, 0.1) is 0 Å². The molecule has 5 heteroatoms. The molecule has 5 nitrogen and oxygen atoms in total. The molecule has 0 saturated carbocycles. The summed E-state index contributed by atoms with van der Waals surface area (Å²) in [5.41, 5.74) is 1.19. The predicted molar refractivity (Wildman–Crippen MR) is 96.3 cm³/mol. The molecule has 0 bridgehead atoms. The van der Waals surface area contributed by atoms with Crippen LogP contribution in [0.1, 0.15) is 31.3 Å². The Kier molecular flexibility index (Phi) is 4.65. The summed E-state index contributed by atoms with van der Waals surface area (Å²) in [6.07, 6.45) is 0. The fraction of sp³-hybridized carbons (Fsp3) is 0.526. The van der Waals surface area contributed by atoms with Crippen molar-refractivity contribution in [2.75, 3.05) is 32.7 Å². The molecule has 1 aromatic heterocycles. The van der Waals surface area contributed by atoms with Gasteiger partial charge in [-0.25, -0.2) is 0 Å². The van der Waals surface area contributed by atoms with E-state index in [-0.39, 0.29) is 5.91 Å². The Hall–Kier alpha value is -1.85. The van der Waals surface area contributed by atoms with Gasteiger partial charge < -0.3 is 14.6 Å². The van der Waals surface area contributed by atoms with Gasteiger partial charge in [-0.3, -0.25) is 9.69 Å². The van der Waals surface area contributed by atoms with Crippen molar-refractivity contribution in [2.24, 2.45) is 0 Å². The van der Waals surface area contributed by atoms with Crippen LogP contribution in [0.15, 0.2) is 30.3 Å². The minimum absolute atomic E-state index is 0.107. The lowest BCUT2D eigenvalue weighted by molar-refractivity contribution is 0.0176. The fourth-order valence-electron chi connectivity index (χ4n) is 3.55. The Morgan fingerprint density at radius 1 is 1.17 bits per heavy atom. The third-order valence-electron chi connectivity index (χ3n) is 4.62. The van der Waals surface area contributed by atoms with Crippen LogP contribution in [0.3, 0.4) is 0 Å². The van der Waals surface area contributed by atoms with Gasteiger partial charge in [-0.15, -0.1) is 0 Å². The zero-order valence-electron chi connectivity index (χ0n) is 14.8. The predicted octanol–water partition coefficient (Wildman–Crippen LogP) is 2.19. The van der Waals surface area contributed by atoms with E-state index in [2.05, 4.69) is 28.5 Å². The number of carbonyl (C=O) groups excluding carboxylic acids is 1. The van der Waals surface area contributed by atoms with Gasteiger partial charge in [0.05, 0.1) is 5.60 Å². The monoisotopic (exact) mass is 329 g/mol. The van der Waals surface area contributed by atoms with Crippen LogP contribution in [0.2, 0.25) is 0 Å². The van der Waals surface area contributed by atoms with E-state index in [4.69, 9.17) is 0 Å². The Balaban J connectivity index is 1.74. The van der Waals surface area contributed by atoms with Gasteiger partial charge in [0.15, 0.2) is 0 Å². The normalized spacial score (nSPS) is 16.8. The van der Waals surface area contributed by atoms with Crippen molar-refractivity contribution in [2.45, 2.75) is 32.9 Å². The number of β-amino-alcohol motifs (C(OH)–C–C–N with tert-alkyl or cyclic N) is 1. The molecule has 0 atom stereocenters. The first-order valence-electron chi connectivity index (χ1n) is 8.71. The molecule has 1 aliphatic rings. The Bertz CT molecular complexity index is 722. The third-order valence-corrected chi connectivity index (χ3v) is 4.62. The molecule has 1 fully saturated rings. The van der Waals surface area contributed by atoms with E-state index >= 15 is 0 Å². The molecule has 1 aromatic carbocycles. The second-order valence-electron chi connectivity index (χ2n) is 7.21. The van der Waals surface area contributed by atoms with E-state index in [1.807, 2.05) is 36.9 Å². The number of rotatable bonds is 4. The van der Waals surface area contributed by atoms with Crippen LogP contribution in [0.25, 0.3) is 10.9 Å². The van der Waals surface area contributed by atoms with Crippen molar-refractivity contribution >= 4 is 16.8 Å². The van der Waals surface area contributed by atoms with Gasteiger partial charge in [0.1, 0.15) is 5.69 Å². The van der Waals surface area contributed by atoms with Crippen LogP contribution >= 0.6 is 0 Å². The smallest absolute Gasteiger partial charge is 0.270 e. The molecule has 24 heavy (non-hydrogen) atoms. The van der Waals surface area contributed by atoms with Crippen molar-refractivity contribution in [3.63, 3.8) is 0 Å². The molecule has 2 heterocycles. The number of hydrogen-bond acceptors (Lipinski definition) is 3. The third kappa shape index (κ3) is 3.47. The van der Waals surface area contributed by atoms with Gasteiger partial charge in [0.25, 0.3) is 5.91 Å². The number of carbonyl (C=O) groups is 1. The van der Waals surface area contributed by atoms with Crippen LogP contribution in [-0.4, -0.2) is 63.7 Å². The fourth-order valence-corrected chi connectivity index (χ4v) is 3.55. The highest BCUT2D eigenvalue weighted by Crippen LogP contribution is 2.21. The highest BCUT2D eigenvalue weighted by Gasteiger charge is 2.27. The maximum Gasteiger partial charge on any atom is 0.270 e. The van der Waals surface area contributed by atoms with E-state index < -0.39 is 5.60 Å². The van der Waals surface area contributed by atoms with E-state index in [1.54, 1.807) is 0 Å². The van der Waals surface area contributed by atoms with Gasteiger partial charge in [0.2, 0.25) is 0 Å². The molecule has 1 saturated heterocycles. The number of amides is 1. The van der Waals surface area contributed by atoms with Gasteiger partial charge >= 0.3 is 0 Å². The first-order valence-corrected chi connectivity index (χ1v) is 8.71. The van der Waals surface area contributed by atoms with Crippen molar-refractivity contribution < 1.29 is 9.90 Å². The van der Waals surface area contributed by atoms with Gasteiger partial charge in [-0.1, -0.05) is 18.2 Å². The van der Waals surface area contributed by atoms with Crippen LogP contribution in [-0.2, 0) is 6.54 Å². The maximum absolute atomic E-state index is 13.0. The molecular weight excluding hydrogens is 302 g/mol. The largest absolute Gasteiger partial charge is 0.389 e. The number of fused-ring (bicyclic) bond motifs is 1. The van der Waals surface area contributed by atoms with E-state index in [9.17, 15) is 9.90 Å². The summed E-state index contributed by atoms with van der Waals surface area (Å²) in [5.74, 6) is 0.107. The molecule has 3 rings (SSSR count). The first-order chi connectivity index (χ1) is 11.4. The summed E-state index contributed by atoms with van der Waals surface area (Å²) in [7, 11) is 0. The molecule has 0 spiro atoms. The van der Waals surface area contributed by atoms with Crippen LogP contribution < -0.4 is 0 Å². The summed E-state index contributed by atoms with van der Waals surface area (Å²) in [4.78, 5) is 17.1. The summed E-state index contributed by atoms with van der Waals surface area (Å²) in [5, 5.41) is 11.1. The minimum atomic E-state index is -0.694. The van der Waals surface area contributed by atoms with Gasteiger partial charge in [0, 0.05) is 50.2 Å². The Morgan fingerprint density at radius 2 is 1.83 bits per heavy atom. The zero-order chi connectivity index (χ0) is 17.3. The summed E-state index contributed by atoms with van der Waals surface area (Å²) in [6, 6.07) is 10.1. The summed E-state index contributed by atoms with van der Waals surface area (Å²) < 4.78 is 2.10. The number of hydrogen-bond donors (Lipinski definition) is 1. The highest BCUT2D eigenvalue weighted by atomic mass is 16.3. The molecule has 130 valence electrons. The van der Waals surface area contributed by atoms with Gasteiger partial charge in [-0.05, 0) is 32.9 Å². The lowest BCUT2D eigenvalue weighted by atomic mass is 10.1. The number of aryl methyl sites for hydroxylation is 1. The number of benzene rings is 1. The lowest BCUT2D eigenvalue weighted by Crippen LogP contribution is -2.52. The molecular formula is C19H27N3O2. The lowest BCUT2D eigenvalue weighted by Gasteiger charge is -2.37. The van der Waals surface area contributed by atoms with E-state index in [1.165, 1.54) is 0 Å². The standard InChI is InChI=1S/C19H27N3O2/c1-4-22-16-8-6-5-7-15(16)13-17(22)18(23)21-11-9-20(10-12-21)14-19(2,3)24/h5-8,13,24H,4,9-12,14H2,1-3H3. The summed E-state index contributed by atoms with van der Waals surface area (Å²) >= 11 is 0. The van der Waals surface area contributed by atoms with Crippen LogP contribution in [0.4, 0.5) is 0 Å². The molecule has 1 N–H and O–H groups in total. The SMILES string of the molecule is CCn1c(C(=O)N2CCN(CC(C)(C)O)CC2)cc2ccccc21. The first kappa shape index (κ1) is 17.0. The second-order valence-corrected chi connectivity index (χ2v) is 7.21. The molecule has 1 amide bonds. The van der Waals surface area contributed by atoms with Gasteiger partial charge in [-0.2, -0.15) is 0 Å². The van der Waals surface area contributed by atoms with Crippen molar-refractivity contribution in [1.82, 2.24) is 14.4 Å². The second kappa shape index (κ2) is 6.57.